The predicted octanol–water partition coefficient (Wildman–Crippen LogP) is 3.65. The average molecular weight is 291 g/mol. The molecule has 0 fully saturated rings. The summed E-state index contributed by atoms with van der Waals surface area (Å²) in [6.45, 7) is 4.16. The highest BCUT2D eigenvalue weighted by molar-refractivity contribution is 7.80. The van der Waals surface area contributed by atoms with Crippen LogP contribution in [0.4, 0.5) is 5.69 Å². The fourth-order valence-corrected chi connectivity index (χ4v) is 2.86. The molecule has 100 valence electrons. The van der Waals surface area contributed by atoms with Gasteiger partial charge in [0.05, 0.1) is 6.04 Å². The molecule has 3 nitrogen and oxygen atoms in total. The second-order valence-corrected chi connectivity index (χ2v) is 5.75. The van der Waals surface area contributed by atoms with Gasteiger partial charge in [0.2, 0.25) is 0 Å². The summed E-state index contributed by atoms with van der Waals surface area (Å²) in [5.74, 6) is 0. The Morgan fingerprint density at radius 1 is 1.53 bits per heavy atom. The van der Waals surface area contributed by atoms with Gasteiger partial charge >= 0.3 is 0 Å². The lowest BCUT2D eigenvalue weighted by Crippen LogP contribution is -2.16. The maximum absolute atomic E-state index is 5.80. The largest absolute Gasteiger partial charge is 0.389 e. The number of aromatic nitrogens is 1. The first-order valence-corrected chi connectivity index (χ1v) is 7.47. The Hall–Kier alpha value is -1.46. The molecular weight excluding hydrogens is 274 g/mol. The second kappa shape index (κ2) is 6.12. The molecule has 0 aliphatic carbocycles. The lowest BCUT2D eigenvalue weighted by atomic mass is 10.1. The monoisotopic (exact) mass is 291 g/mol. The third-order valence-corrected chi connectivity index (χ3v) is 4.04. The van der Waals surface area contributed by atoms with Gasteiger partial charge in [0, 0.05) is 22.8 Å². The molecule has 5 heteroatoms. The molecule has 1 aromatic heterocycles. The molecule has 0 saturated heterocycles. The van der Waals surface area contributed by atoms with Gasteiger partial charge in [-0.3, -0.25) is 0 Å². The normalized spacial score (nSPS) is 12.1. The summed E-state index contributed by atoms with van der Waals surface area (Å²) >= 11 is 6.78. The molecule has 19 heavy (non-hydrogen) atoms. The number of nitrogens with two attached hydrogens (primary N) is 1. The van der Waals surface area contributed by atoms with Crippen LogP contribution in [0.5, 0.6) is 0 Å². The van der Waals surface area contributed by atoms with Crippen molar-refractivity contribution < 1.29 is 0 Å². The molecule has 0 amide bonds. The molecule has 0 spiro atoms. The summed E-state index contributed by atoms with van der Waals surface area (Å²) in [5, 5.41) is 6.56. The van der Waals surface area contributed by atoms with Crippen molar-refractivity contribution in [1.29, 1.82) is 0 Å². The third kappa shape index (κ3) is 3.30. The van der Waals surface area contributed by atoms with Crippen molar-refractivity contribution in [3.8, 4) is 0 Å². The minimum absolute atomic E-state index is 0.191. The molecule has 3 N–H and O–H groups in total. The smallest absolute Gasteiger partial charge is 0.115 e. The Bertz CT molecular complexity index is 564. The highest BCUT2D eigenvalue weighted by Gasteiger charge is 2.14. The highest BCUT2D eigenvalue weighted by atomic mass is 32.1. The number of anilines is 1. The summed E-state index contributed by atoms with van der Waals surface area (Å²) in [4.78, 5) is 4.78. The third-order valence-electron chi connectivity index (χ3n) is 2.93. The van der Waals surface area contributed by atoms with Crippen LogP contribution < -0.4 is 11.1 Å². The van der Waals surface area contributed by atoms with Crippen LogP contribution in [0.25, 0.3) is 0 Å². The number of nitrogens with zero attached hydrogens (tertiary/aromatic N) is 1. The number of hydrogen-bond acceptors (Lipinski definition) is 4. The van der Waals surface area contributed by atoms with Crippen molar-refractivity contribution in [3.63, 3.8) is 0 Å². The van der Waals surface area contributed by atoms with Crippen molar-refractivity contribution in [1.82, 2.24) is 4.98 Å². The van der Waals surface area contributed by atoms with Crippen LogP contribution in [0.1, 0.15) is 35.5 Å². The van der Waals surface area contributed by atoms with Crippen molar-refractivity contribution in [3.05, 3.63) is 45.9 Å². The molecule has 0 aliphatic heterocycles. The van der Waals surface area contributed by atoms with Crippen molar-refractivity contribution in [2.75, 3.05) is 5.32 Å². The molecule has 2 aromatic rings. The maximum atomic E-state index is 5.80. The van der Waals surface area contributed by atoms with Crippen molar-refractivity contribution >= 4 is 34.2 Å². The maximum Gasteiger partial charge on any atom is 0.115 e. The van der Waals surface area contributed by atoms with E-state index in [2.05, 4.69) is 23.3 Å². The van der Waals surface area contributed by atoms with E-state index in [1.165, 1.54) is 0 Å². The van der Waals surface area contributed by atoms with Gasteiger partial charge in [0.15, 0.2) is 0 Å². The molecule has 0 radical (unpaired) electrons. The number of benzene rings is 1. The second-order valence-electron chi connectivity index (χ2n) is 4.39. The summed E-state index contributed by atoms with van der Waals surface area (Å²) in [6.07, 6.45) is 2.78. The van der Waals surface area contributed by atoms with Gasteiger partial charge in [-0.05, 0) is 25.5 Å². The number of aryl methyl sites for hydroxylation is 1. The van der Waals surface area contributed by atoms with Crippen LogP contribution in [-0.4, -0.2) is 9.97 Å². The highest BCUT2D eigenvalue weighted by Crippen LogP contribution is 2.26. The SMILES string of the molecule is CCC(Nc1ccc(C)cc1C(N)=S)c1nccs1. The molecular formula is C14H17N3S2. The Labute approximate surface area is 122 Å². The van der Waals surface area contributed by atoms with Gasteiger partial charge in [0.1, 0.15) is 10.00 Å². The minimum Gasteiger partial charge on any atom is -0.389 e. The van der Waals surface area contributed by atoms with Gasteiger partial charge in [-0.1, -0.05) is 30.8 Å². The van der Waals surface area contributed by atoms with Crippen LogP contribution in [0.15, 0.2) is 29.8 Å². The van der Waals surface area contributed by atoms with E-state index in [4.69, 9.17) is 18.0 Å². The molecule has 0 saturated carbocycles. The van der Waals surface area contributed by atoms with Gasteiger partial charge in [-0.15, -0.1) is 11.3 Å². The van der Waals surface area contributed by atoms with E-state index in [1.807, 2.05) is 30.6 Å². The van der Waals surface area contributed by atoms with E-state index in [9.17, 15) is 0 Å². The van der Waals surface area contributed by atoms with Gasteiger partial charge in [0.25, 0.3) is 0 Å². The molecule has 1 atom stereocenters. The predicted molar refractivity (Wildman–Crippen MR) is 85.8 cm³/mol. The van der Waals surface area contributed by atoms with E-state index >= 15 is 0 Å². The first kappa shape index (κ1) is 14.0. The molecule has 2 rings (SSSR count). The molecule has 1 aromatic carbocycles. The van der Waals surface area contributed by atoms with Crippen LogP contribution in [0, 0.1) is 6.92 Å². The quantitative estimate of drug-likeness (QED) is 0.826. The van der Waals surface area contributed by atoms with Crippen molar-refractivity contribution in [2.45, 2.75) is 26.3 Å². The van der Waals surface area contributed by atoms with E-state index in [-0.39, 0.29) is 6.04 Å². The molecule has 1 unspecified atom stereocenters. The first-order chi connectivity index (χ1) is 9.11. The fraction of sp³-hybridized carbons (Fsp3) is 0.286. The summed E-state index contributed by atoms with van der Waals surface area (Å²) < 4.78 is 0. The Morgan fingerprint density at radius 3 is 2.89 bits per heavy atom. The topological polar surface area (TPSA) is 50.9 Å². The number of thiocarbonyl (C=S) groups is 1. The summed E-state index contributed by atoms with van der Waals surface area (Å²) in [5.41, 5.74) is 8.81. The first-order valence-electron chi connectivity index (χ1n) is 6.18. The molecule has 0 aliphatic rings. The standard InChI is InChI=1S/C14H17N3S2/c1-3-11(14-16-6-7-19-14)17-12-5-4-9(2)8-10(12)13(15)18/h4-8,11,17H,3H2,1-2H3,(H2,15,18). The number of nitrogens with one attached hydrogen (secondary N) is 1. The Kier molecular flexibility index (Phi) is 4.50. The van der Waals surface area contributed by atoms with Crippen LogP contribution >= 0.6 is 23.6 Å². The average Bonchev–Trinajstić information content (AvgIpc) is 2.90. The van der Waals surface area contributed by atoms with Gasteiger partial charge in [-0.2, -0.15) is 0 Å². The van der Waals surface area contributed by atoms with Gasteiger partial charge < -0.3 is 11.1 Å². The zero-order valence-electron chi connectivity index (χ0n) is 11.0. The summed E-state index contributed by atoms with van der Waals surface area (Å²) in [6, 6.07) is 6.29. The lowest BCUT2D eigenvalue weighted by Gasteiger charge is -2.18. The zero-order chi connectivity index (χ0) is 13.8. The van der Waals surface area contributed by atoms with E-state index < -0.39 is 0 Å². The van der Waals surface area contributed by atoms with E-state index in [1.54, 1.807) is 11.3 Å². The van der Waals surface area contributed by atoms with Gasteiger partial charge in [-0.25, -0.2) is 4.98 Å². The zero-order valence-corrected chi connectivity index (χ0v) is 12.6. The molecule has 1 heterocycles. The number of thiazole rings is 1. The Morgan fingerprint density at radius 2 is 2.32 bits per heavy atom. The number of hydrogen-bond donors (Lipinski definition) is 2. The minimum atomic E-state index is 0.191. The van der Waals surface area contributed by atoms with Crippen LogP contribution in [0.2, 0.25) is 0 Å². The van der Waals surface area contributed by atoms with E-state index in [0.29, 0.717) is 4.99 Å². The Balaban J connectivity index is 2.29. The lowest BCUT2D eigenvalue weighted by molar-refractivity contribution is 0.742. The summed E-state index contributed by atoms with van der Waals surface area (Å²) in [7, 11) is 0. The fourth-order valence-electron chi connectivity index (χ4n) is 1.92. The molecule has 0 bridgehead atoms. The van der Waals surface area contributed by atoms with E-state index in [0.717, 1.165) is 28.2 Å². The number of rotatable bonds is 5. The van der Waals surface area contributed by atoms with Crippen LogP contribution in [-0.2, 0) is 0 Å². The van der Waals surface area contributed by atoms with Crippen LogP contribution in [0.3, 0.4) is 0 Å². The van der Waals surface area contributed by atoms with Crippen molar-refractivity contribution in [2.24, 2.45) is 5.73 Å².